The van der Waals surface area contributed by atoms with Gasteiger partial charge in [0.25, 0.3) is 0 Å². The van der Waals surface area contributed by atoms with E-state index in [1.807, 2.05) is 23.9 Å². The molecule has 0 aliphatic carbocycles. The third-order valence-corrected chi connectivity index (χ3v) is 3.66. The van der Waals surface area contributed by atoms with Gasteiger partial charge in [0.1, 0.15) is 6.33 Å². The highest BCUT2D eigenvalue weighted by Gasteiger charge is 2.06. The predicted molar refractivity (Wildman–Crippen MR) is 78.6 cm³/mol. The van der Waals surface area contributed by atoms with Crippen molar-refractivity contribution in [2.24, 2.45) is 0 Å². The summed E-state index contributed by atoms with van der Waals surface area (Å²) in [6.07, 6.45) is 4.94. The summed E-state index contributed by atoms with van der Waals surface area (Å²) < 4.78 is 1.67. The van der Waals surface area contributed by atoms with Crippen LogP contribution in [0, 0.1) is 0 Å². The highest BCUT2D eigenvalue weighted by Crippen LogP contribution is 2.16. The Kier molecular flexibility index (Phi) is 5.35. The van der Waals surface area contributed by atoms with E-state index in [4.69, 9.17) is 0 Å². The fourth-order valence-electron chi connectivity index (χ4n) is 1.87. The van der Waals surface area contributed by atoms with Crippen LogP contribution >= 0.6 is 11.8 Å². The monoisotopic (exact) mass is 277 g/mol. The Labute approximate surface area is 117 Å². The van der Waals surface area contributed by atoms with Gasteiger partial charge in [0, 0.05) is 6.04 Å². The fourth-order valence-corrected chi connectivity index (χ4v) is 2.30. The van der Waals surface area contributed by atoms with Gasteiger partial charge in [-0.05, 0) is 60.0 Å². The number of nitrogens with zero attached hydrogens (tertiary/aromatic N) is 4. The predicted octanol–water partition coefficient (Wildman–Crippen LogP) is 2.07. The number of aromatic nitrogens is 4. The van der Waals surface area contributed by atoms with Crippen molar-refractivity contribution in [1.29, 1.82) is 0 Å². The Balaban J connectivity index is 1.98. The average Bonchev–Trinajstić information content (AvgIpc) is 2.98. The summed E-state index contributed by atoms with van der Waals surface area (Å²) in [4.78, 5) is 0. The van der Waals surface area contributed by atoms with E-state index >= 15 is 0 Å². The first-order chi connectivity index (χ1) is 9.31. The molecule has 0 radical (unpaired) electrons. The Morgan fingerprint density at radius 3 is 3.05 bits per heavy atom. The maximum absolute atomic E-state index is 3.91. The summed E-state index contributed by atoms with van der Waals surface area (Å²) in [5, 5.41) is 14.8. The van der Waals surface area contributed by atoms with E-state index < -0.39 is 0 Å². The second-order valence-corrected chi connectivity index (χ2v) is 5.36. The second-order valence-electron chi connectivity index (χ2n) is 4.37. The van der Waals surface area contributed by atoms with Gasteiger partial charge in [-0.1, -0.05) is 12.1 Å². The molecule has 5 nitrogen and oxygen atoms in total. The molecule has 0 bridgehead atoms. The van der Waals surface area contributed by atoms with Crippen molar-refractivity contribution in [3.8, 4) is 5.69 Å². The van der Waals surface area contributed by atoms with Crippen molar-refractivity contribution in [2.45, 2.75) is 19.4 Å². The molecular formula is C13H19N5S. The van der Waals surface area contributed by atoms with Crippen LogP contribution in [0.4, 0.5) is 0 Å². The van der Waals surface area contributed by atoms with Gasteiger partial charge in [-0.3, -0.25) is 0 Å². The summed E-state index contributed by atoms with van der Waals surface area (Å²) in [6, 6.07) is 8.60. The summed E-state index contributed by atoms with van der Waals surface area (Å²) >= 11 is 1.88. The highest BCUT2D eigenvalue weighted by atomic mass is 32.2. The van der Waals surface area contributed by atoms with Crippen LogP contribution in [0.3, 0.4) is 0 Å². The Morgan fingerprint density at radius 2 is 2.32 bits per heavy atom. The molecule has 0 aliphatic rings. The summed E-state index contributed by atoms with van der Waals surface area (Å²) in [5.41, 5.74) is 2.23. The fraction of sp³-hybridized carbons (Fsp3) is 0.462. The van der Waals surface area contributed by atoms with Gasteiger partial charge < -0.3 is 5.32 Å². The van der Waals surface area contributed by atoms with Gasteiger partial charge in [-0.25, -0.2) is 4.68 Å². The molecule has 6 heteroatoms. The van der Waals surface area contributed by atoms with E-state index in [0.29, 0.717) is 6.04 Å². The summed E-state index contributed by atoms with van der Waals surface area (Å²) in [6.45, 7) is 3.22. The van der Waals surface area contributed by atoms with Gasteiger partial charge >= 0.3 is 0 Å². The number of rotatable bonds is 7. The molecule has 2 aromatic rings. The first kappa shape index (κ1) is 14.0. The van der Waals surface area contributed by atoms with Crippen molar-refractivity contribution < 1.29 is 0 Å². The number of thioether (sulfide) groups is 1. The van der Waals surface area contributed by atoms with E-state index in [1.165, 1.54) is 17.7 Å². The molecule has 1 unspecified atom stereocenters. The maximum atomic E-state index is 3.91. The Bertz CT molecular complexity index is 486. The molecule has 1 heterocycles. The lowest BCUT2D eigenvalue weighted by molar-refractivity contribution is 0.572. The lowest BCUT2D eigenvalue weighted by Crippen LogP contribution is -2.20. The molecule has 0 amide bonds. The minimum absolute atomic E-state index is 0.332. The number of hydrogen-bond acceptors (Lipinski definition) is 5. The lowest BCUT2D eigenvalue weighted by Gasteiger charge is -2.15. The van der Waals surface area contributed by atoms with E-state index in [9.17, 15) is 0 Å². The van der Waals surface area contributed by atoms with Crippen molar-refractivity contribution in [2.75, 3.05) is 18.6 Å². The van der Waals surface area contributed by atoms with Crippen molar-refractivity contribution in [1.82, 2.24) is 25.5 Å². The molecule has 0 spiro atoms. The molecule has 1 N–H and O–H groups in total. The summed E-state index contributed by atoms with van der Waals surface area (Å²) in [5.74, 6) is 1.20. The maximum Gasteiger partial charge on any atom is 0.143 e. The van der Waals surface area contributed by atoms with Crippen molar-refractivity contribution in [3.63, 3.8) is 0 Å². The number of tetrazole rings is 1. The van der Waals surface area contributed by atoms with Gasteiger partial charge in [0.2, 0.25) is 0 Å². The molecule has 2 rings (SSSR count). The van der Waals surface area contributed by atoms with Gasteiger partial charge in [-0.15, -0.1) is 5.10 Å². The van der Waals surface area contributed by atoms with Crippen LogP contribution in [-0.2, 0) is 0 Å². The Hall–Kier alpha value is -1.40. The first-order valence-electron chi connectivity index (χ1n) is 6.37. The molecule has 19 heavy (non-hydrogen) atoms. The van der Waals surface area contributed by atoms with Crippen LogP contribution in [0.1, 0.15) is 24.9 Å². The SMILES string of the molecule is CSCCCNC(C)c1cccc(-n2cnnn2)c1. The third kappa shape index (κ3) is 4.04. The van der Waals surface area contributed by atoms with Crippen LogP contribution in [0.15, 0.2) is 30.6 Å². The standard InChI is InChI=1S/C13H19N5S/c1-11(14-7-4-8-19-2)12-5-3-6-13(9-12)18-10-15-16-17-18/h3,5-6,9-11,14H,4,7-8H2,1-2H3. The van der Waals surface area contributed by atoms with Crippen molar-refractivity contribution in [3.05, 3.63) is 36.2 Å². The smallest absolute Gasteiger partial charge is 0.143 e. The minimum atomic E-state index is 0.332. The van der Waals surface area contributed by atoms with Gasteiger partial charge in [0.15, 0.2) is 0 Å². The molecule has 0 aliphatic heterocycles. The average molecular weight is 277 g/mol. The topological polar surface area (TPSA) is 55.6 Å². The van der Waals surface area contributed by atoms with E-state index in [0.717, 1.165) is 12.2 Å². The molecule has 0 saturated heterocycles. The Morgan fingerprint density at radius 1 is 1.42 bits per heavy atom. The zero-order valence-corrected chi connectivity index (χ0v) is 12.1. The molecule has 1 atom stereocenters. The second kappa shape index (κ2) is 7.25. The molecule has 0 fully saturated rings. The van der Waals surface area contributed by atoms with Crippen LogP contribution in [0.2, 0.25) is 0 Å². The van der Waals surface area contributed by atoms with Crippen LogP contribution in [0.25, 0.3) is 5.69 Å². The zero-order chi connectivity index (χ0) is 13.5. The largest absolute Gasteiger partial charge is 0.310 e. The molecule has 0 saturated carbocycles. The molecule has 1 aromatic heterocycles. The third-order valence-electron chi connectivity index (χ3n) is 2.96. The minimum Gasteiger partial charge on any atom is -0.310 e. The molecule has 1 aromatic carbocycles. The number of benzene rings is 1. The van der Waals surface area contributed by atoms with Gasteiger partial charge in [-0.2, -0.15) is 11.8 Å². The highest BCUT2D eigenvalue weighted by molar-refractivity contribution is 7.98. The molecule has 102 valence electrons. The zero-order valence-electron chi connectivity index (χ0n) is 11.3. The lowest BCUT2D eigenvalue weighted by atomic mass is 10.1. The molecular weight excluding hydrogens is 258 g/mol. The van der Waals surface area contributed by atoms with E-state index in [2.05, 4.69) is 46.2 Å². The van der Waals surface area contributed by atoms with Gasteiger partial charge in [0.05, 0.1) is 5.69 Å². The van der Waals surface area contributed by atoms with Crippen molar-refractivity contribution >= 4 is 11.8 Å². The van der Waals surface area contributed by atoms with Crippen LogP contribution < -0.4 is 5.32 Å². The van der Waals surface area contributed by atoms with E-state index in [1.54, 1.807) is 11.0 Å². The quantitative estimate of drug-likeness (QED) is 0.785. The first-order valence-corrected chi connectivity index (χ1v) is 7.76. The van der Waals surface area contributed by atoms with Crippen LogP contribution in [-0.4, -0.2) is 38.8 Å². The number of hydrogen-bond donors (Lipinski definition) is 1. The number of nitrogens with one attached hydrogen (secondary N) is 1. The van der Waals surface area contributed by atoms with Crippen LogP contribution in [0.5, 0.6) is 0 Å². The normalized spacial score (nSPS) is 12.5. The van der Waals surface area contributed by atoms with E-state index in [-0.39, 0.29) is 0 Å². The summed E-state index contributed by atoms with van der Waals surface area (Å²) in [7, 11) is 0.